The molecule has 2 aromatic heterocycles. The third-order valence-corrected chi connectivity index (χ3v) is 4.11. The van der Waals surface area contributed by atoms with Gasteiger partial charge in [0.05, 0.1) is 23.4 Å². The lowest BCUT2D eigenvalue weighted by Crippen LogP contribution is -2.18. The van der Waals surface area contributed by atoms with Crippen molar-refractivity contribution in [1.82, 2.24) is 19.5 Å². The first kappa shape index (κ1) is 17.4. The molecule has 0 atom stereocenters. The molecule has 0 aliphatic heterocycles. The van der Waals surface area contributed by atoms with Gasteiger partial charge in [0.2, 0.25) is 5.95 Å². The highest BCUT2D eigenvalue weighted by Crippen LogP contribution is 2.33. The molecule has 1 N–H and O–H groups in total. The minimum Gasteiger partial charge on any atom is -0.351 e. The zero-order valence-corrected chi connectivity index (χ0v) is 14.0. The van der Waals surface area contributed by atoms with Crippen molar-refractivity contribution in [2.75, 3.05) is 5.32 Å². The standard InChI is InChI=1S/C18H15F4N5/c19-12-3-1-11(2-4-12)15-16(27(10-24-15)9-18(20,21)22)14-7-8-23-17(26-14)25-13-5-6-13/h1-4,7-8,10,13H,5-6,9H2,(H,23,25,26). The Labute approximate surface area is 152 Å². The third kappa shape index (κ3) is 4.07. The Morgan fingerprint density at radius 3 is 2.48 bits per heavy atom. The SMILES string of the molecule is Fc1ccc(-c2ncn(CC(F)(F)F)c2-c2ccnc(NC3CC3)n2)cc1. The summed E-state index contributed by atoms with van der Waals surface area (Å²) in [7, 11) is 0. The number of imidazole rings is 1. The zero-order valence-electron chi connectivity index (χ0n) is 14.0. The van der Waals surface area contributed by atoms with Gasteiger partial charge < -0.3 is 9.88 Å². The molecule has 2 heterocycles. The van der Waals surface area contributed by atoms with Gasteiger partial charge in [-0.3, -0.25) is 0 Å². The molecule has 1 aliphatic carbocycles. The first-order valence-corrected chi connectivity index (χ1v) is 8.37. The maximum Gasteiger partial charge on any atom is 0.406 e. The normalized spacial score (nSPS) is 14.4. The van der Waals surface area contributed by atoms with Gasteiger partial charge in [-0.1, -0.05) is 0 Å². The minimum atomic E-state index is -4.42. The lowest BCUT2D eigenvalue weighted by atomic mass is 10.1. The molecule has 1 fully saturated rings. The first-order chi connectivity index (χ1) is 12.9. The van der Waals surface area contributed by atoms with Crippen molar-refractivity contribution in [2.45, 2.75) is 31.6 Å². The van der Waals surface area contributed by atoms with Gasteiger partial charge in [-0.05, 0) is 43.2 Å². The molecule has 1 saturated carbocycles. The number of hydrogen-bond acceptors (Lipinski definition) is 4. The van der Waals surface area contributed by atoms with E-state index in [-0.39, 0.29) is 5.69 Å². The number of hydrogen-bond donors (Lipinski definition) is 1. The van der Waals surface area contributed by atoms with E-state index in [0.717, 1.165) is 23.7 Å². The van der Waals surface area contributed by atoms with Crippen LogP contribution in [0.25, 0.3) is 22.6 Å². The summed E-state index contributed by atoms with van der Waals surface area (Å²) in [4.78, 5) is 12.6. The molecule has 4 rings (SSSR count). The average molecular weight is 377 g/mol. The van der Waals surface area contributed by atoms with E-state index in [1.165, 1.54) is 36.5 Å². The molecule has 0 amide bonds. The number of anilines is 1. The highest BCUT2D eigenvalue weighted by atomic mass is 19.4. The summed E-state index contributed by atoms with van der Waals surface area (Å²) in [5.74, 6) is -0.0761. The molecule has 27 heavy (non-hydrogen) atoms. The van der Waals surface area contributed by atoms with Crippen molar-refractivity contribution in [3.8, 4) is 22.6 Å². The van der Waals surface area contributed by atoms with E-state index in [0.29, 0.717) is 28.9 Å². The highest BCUT2D eigenvalue weighted by molar-refractivity contribution is 5.77. The lowest BCUT2D eigenvalue weighted by Gasteiger charge is -2.13. The van der Waals surface area contributed by atoms with Crippen LogP contribution >= 0.6 is 0 Å². The largest absolute Gasteiger partial charge is 0.406 e. The zero-order chi connectivity index (χ0) is 19.0. The molecule has 1 aromatic carbocycles. The van der Waals surface area contributed by atoms with Crippen LogP contribution in [-0.4, -0.2) is 31.7 Å². The van der Waals surface area contributed by atoms with Crippen LogP contribution in [0.4, 0.5) is 23.5 Å². The Kier molecular flexibility index (Phi) is 4.29. The van der Waals surface area contributed by atoms with Gasteiger partial charge in [0, 0.05) is 17.8 Å². The fraction of sp³-hybridized carbons (Fsp3) is 0.278. The Morgan fingerprint density at radius 2 is 1.81 bits per heavy atom. The van der Waals surface area contributed by atoms with Crippen LogP contribution < -0.4 is 5.32 Å². The summed E-state index contributed by atoms with van der Waals surface area (Å²) in [6.07, 6.45) is 0.225. The highest BCUT2D eigenvalue weighted by Gasteiger charge is 2.31. The van der Waals surface area contributed by atoms with Crippen LogP contribution in [0.2, 0.25) is 0 Å². The third-order valence-electron chi connectivity index (χ3n) is 4.11. The fourth-order valence-electron chi connectivity index (χ4n) is 2.75. The van der Waals surface area contributed by atoms with Gasteiger partial charge in [-0.15, -0.1) is 0 Å². The van der Waals surface area contributed by atoms with E-state index in [9.17, 15) is 17.6 Å². The second-order valence-electron chi connectivity index (χ2n) is 6.38. The summed E-state index contributed by atoms with van der Waals surface area (Å²) in [5.41, 5.74) is 1.33. The second kappa shape index (κ2) is 6.64. The molecule has 0 saturated heterocycles. The summed E-state index contributed by atoms with van der Waals surface area (Å²) in [5, 5.41) is 3.13. The average Bonchev–Trinajstić information content (AvgIpc) is 3.33. The van der Waals surface area contributed by atoms with E-state index >= 15 is 0 Å². The predicted octanol–water partition coefficient (Wildman–Crippen LogP) is 4.28. The van der Waals surface area contributed by atoms with Crippen molar-refractivity contribution >= 4 is 5.95 Å². The molecule has 0 radical (unpaired) electrons. The fourth-order valence-corrected chi connectivity index (χ4v) is 2.75. The van der Waals surface area contributed by atoms with Crippen LogP contribution in [0.3, 0.4) is 0 Å². The number of rotatable bonds is 5. The van der Waals surface area contributed by atoms with Gasteiger partial charge >= 0.3 is 6.18 Å². The summed E-state index contributed by atoms with van der Waals surface area (Å²) < 4.78 is 53.3. The Hall–Kier alpha value is -2.97. The molecule has 3 aromatic rings. The van der Waals surface area contributed by atoms with Crippen molar-refractivity contribution < 1.29 is 17.6 Å². The van der Waals surface area contributed by atoms with Crippen molar-refractivity contribution in [3.63, 3.8) is 0 Å². The van der Waals surface area contributed by atoms with E-state index in [1.54, 1.807) is 0 Å². The molecular weight excluding hydrogens is 362 g/mol. The molecule has 9 heteroatoms. The van der Waals surface area contributed by atoms with E-state index in [4.69, 9.17) is 0 Å². The van der Waals surface area contributed by atoms with Gasteiger partial charge in [0.1, 0.15) is 12.4 Å². The van der Waals surface area contributed by atoms with Crippen LogP contribution in [-0.2, 0) is 6.54 Å². The summed E-state index contributed by atoms with van der Waals surface area (Å²) in [6, 6.07) is 7.27. The number of alkyl halides is 3. The maximum absolute atomic E-state index is 13.2. The van der Waals surface area contributed by atoms with Gasteiger partial charge in [-0.25, -0.2) is 19.3 Å². The first-order valence-electron chi connectivity index (χ1n) is 8.37. The van der Waals surface area contributed by atoms with E-state index < -0.39 is 18.5 Å². The minimum absolute atomic E-state index is 0.209. The lowest BCUT2D eigenvalue weighted by molar-refractivity contribution is -0.140. The van der Waals surface area contributed by atoms with Gasteiger partial charge in [0.15, 0.2) is 0 Å². The number of aromatic nitrogens is 4. The smallest absolute Gasteiger partial charge is 0.351 e. The molecule has 1 aliphatic rings. The van der Waals surface area contributed by atoms with E-state index in [2.05, 4.69) is 20.3 Å². The second-order valence-corrected chi connectivity index (χ2v) is 6.38. The van der Waals surface area contributed by atoms with Crippen LogP contribution in [0.1, 0.15) is 12.8 Å². The number of nitrogens with one attached hydrogen (secondary N) is 1. The summed E-state index contributed by atoms with van der Waals surface area (Å²) in [6.45, 7) is -1.20. The number of benzene rings is 1. The van der Waals surface area contributed by atoms with Gasteiger partial charge in [0.25, 0.3) is 0 Å². The summed E-state index contributed by atoms with van der Waals surface area (Å²) >= 11 is 0. The van der Waals surface area contributed by atoms with Crippen molar-refractivity contribution in [3.05, 3.63) is 48.7 Å². The Morgan fingerprint density at radius 1 is 1.07 bits per heavy atom. The Bertz CT molecular complexity index is 945. The van der Waals surface area contributed by atoms with Crippen LogP contribution in [0.5, 0.6) is 0 Å². The molecular formula is C18H15F4N5. The van der Waals surface area contributed by atoms with Crippen molar-refractivity contribution in [1.29, 1.82) is 0 Å². The number of halogens is 4. The van der Waals surface area contributed by atoms with Crippen molar-refractivity contribution in [2.24, 2.45) is 0 Å². The Balaban J connectivity index is 1.80. The molecule has 5 nitrogen and oxygen atoms in total. The topological polar surface area (TPSA) is 55.6 Å². The number of nitrogens with zero attached hydrogens (tertiary/aromatic N) is 4. The molecule has 0 unspecified atom stereocenters. The van der Waals surface area contributed by atoms with Gasteiger partial charge in [-0.2, -0.15) is 13.2 Å². The monoisotopic (exact) mass is 377 g/mol. The van der Waals surface area contributed by atoms with Crippen LogP contribution in [0, 0.1) is 5.82 Å². The molecule has 0 spiro atoms. The van der Waals surface area contributed by atoms with E-state index in [1.807, 2.05) is 0 Å². The molecule has 140 valence electrons. The molecule has 0 bridgehead atoms. The maximum atomic E-state index is 13.2. The quantitative estimate of drug-likeness (QED) is 0.675. The predicted molar refractivity (Wildman–Crippen MR) is 91.3 cm³/mol. The van der Waals surface area contributed by atoms with Crippen LogP contribution in [0.15, 0.2) is 42.9 Å².